The number of hydrogen-bond donors (Lipinski definition) is 6. The molecule has 184 valence electrons. The van der Waals surface area contributed by atoms with Gasteiger partial charge in [0, 0.05) is 16.6 Å². The molecule has 1 aromatic heterocycles. The lowest BCUT2D eigenvalue weighted by molar-refractivity contribution is -0.143. The Morgan fingerprint density at radius 3 is 2.18 bits per heavy atom. The molecule has 2 rings (SSSR count). The molecule has 0 aliphatic rings. The van der Waals surface area contributed by atoms with Crippen LogP contribution in [0.1, 0.15) is 30.6 Å². The lowest BCUT2D eigenvalue weighted by atomic mass is 10.1. The maximum atomic E-state index is 12.5. The van der Waals surface area contributed by atoms with Crippen molar-refractivity contribution in [3.05, 3.63) is 34.7 Å². The Bertz CT molecular complexity index is 1030. The van der Waals surface area contributed by atoms with Crippen LogP contribution in [0.3, 0.4) is 0 Å². The Morgan fingerprint density at radius 1 is 1.03 bits per heavy atom. The number of aliphatic hydroxyl groups excluding tert-OH is 2. The molecule has 12 nitrogen and oxygen atoms in total. The van der Waals surface area contributed by atoms with Gasteiger partial charge in [-0.3, -0.25) is 14.9 Å². The van der Waals surface area contributed by atoms with E-state index in [2.05, 4.69) is 15.6 Å². The predicted molar refractivity (Wildman–Crippen MR) is 122 cm³/mol. The van der Waals surface area contributed by atoms with E-state index in [1.54, 1.807) is 50.4 Å². The number of carbonyl (C=O) groups excluding carboxylic acids is 3. The standard InChI is InChI=1S/C21H26N4O8S/c1-21(2,3)33-20(32)22-12-6-4-11(5-7-12)15-10-34-18(25-15)17(29)23-13(8-26)16(28)24-14(9-27)19(30)31/h4-7,10,13-14,26-27H,8-9H2,1-3H3,(H,22,32)(H,23,29)(H,24,28)(H,30,31)/t13-,14-/m0/s1. The van der Waals surface area contributed by atoms with Crippen molar-refractivity contribution in [2.75, 3.05) is 18.5 Å². The number of hydrogen-bond acceptors (Lipinski definition) is 9. The number of aliphatic carboxylic acids is 1. The molecule has 34 heavy (non-hydrogen) atoms. The minimum atomic E-state index is -1.57. The molecule has 0 bridgehead atoms. The second-order valence-corrected chi connectivity index (χ2v) is 8.89. The van der Waals surface area contributed by atoms with Crippen molar-refractivity contribution in [1.82, 2.24) is 15.6 Å². The van der Waals surface area contributed by atoms with Crippen molar-refractivity contribution >= 4 is 40.9 Å². The number of carboxylic acids is 1. The van der Waals surface area contributed by atoms with E-state index in [0.717, 1.165) is 11.3 Å². The molecule has 6 N–H and O–H groups in total. The SMILES string of the molecule is CC(C)(C)OC(=O)Nc1ccc(-c2csc(C(=O)N[C@@H](CO)C(=O)N[C@@H](CO)C(=O)O)n2)cc1. The molecule has 0 aliphatic carbocycles. The van der Waals surface area contributed by atoms with Gasteiger partial charge in [-0.2, -0.15) is 0 Å². The largest absolute Gasteiger partial charge is 0.480 e. The van der Waals surface area contributed by atoms with Crippen LogP contribution in [0, 0.1) is 0 Å². The first kappa shape index (κ1) is 26.7. The average molecular weight is 495 g/mol. The maximum absolute atomic E-state index is 12.5. The van der Waals surface area contributed by atoms with Gasteiger partial charge >= 0.3 is 12.1 Å². The van der Waals surface area contributed by atoms with Crippen LogP contribution in [0.2, 0.25) is 0 Å². The van der Waals surface area contributed by atoms with E-state index in [1.807, 2.05) is 5.32 Å². The summed E-state index contributed by atoms with van der Waals surface area (Å²) >= 11 is 1.00. The zero-order chi connectivity index (χ0) is 25.5. The molecule has 0 fully saturated rings. The van der Waals surface area contributed by atoms with Gasteiger partial charge in [0.15, 0.2) is 5.01 Å². The third-order valence-corrected chi connectivity index (χ3v) is 4.97. The van der Waals surface area contributed by atoms with E-state index in [0.29, 0.717) is 16.9 Å². The smallest absolute Gasteiger partial charge is 0.412 e. The summed E-state index contributed by atoms with van der Waals surface area (Å²) in [6, 6.07) is 3.65. The number of anilines is 1. The van der Waals surface area contributed by atoms with E-state index in [1.165, 1.54) is 0 Å². The Morgan fingerprint density at radius 2 is 1.65 bits per heavy atom. The van der Waals surface area contributed by atoms with Gasteiger partial charge in [-0.25, -0.2) is 14.6 Å². The quantitative estimate of drug-likeness (QED) is 0.293. The topological polar surface area (TPSA) is 187 Å². The fourth-order valence-electron chi connectivity index (χ4n) is 2.53. The number of benzene rings is 1. The molecule has 2 atom stereocenters. The Hall–Kier alpha value is -3.55. The number of carbonyl (C=O) groups is 4. The summed E-state index contributed by atoms with van der Waals surface area (Å²) < 4.78 is 5.19. The van der Waals surface area contributed by atoms with Gasteiger partial charge in [0.05, 0.1) is 18.9 Å². The fraction of sp³-hybridized carbons (Fsp3) is 0.381. The van der Waals surface area contributed by atoms with E-state index in [4.69, 9.17) is 14.9 Å². The van der Waals surface area contributed by atoms with Gasteiger partial charge in [0.1, 0.15) is 17.7 Å². The van der Waals surface area contributed by atoms with Gasteiger partial charge in [-0.05, 0) is 32.9 Å². The Kier molecular flexibility index (Phi) is 9.06. The molecular formula is C21H26N4O8S. The van der Waals surface area contributed by atoms with Gasteiger partial charge in [0.2, 0.25) is 5.91 Å². The third-order valence-electron chi connectivity index (χ3n) is 4.13. The summed E-state index contributed by atoms with van der Waals surface area (Å²) in [5.74, 6) is -3.18. The number of carboxylic acid groups (broad SMARTS) is 1. The van der Waals surface area contributed by atoms with Crippen LogP contribution in [0.15, 0.2) is 29.6 Å². The van der Waals surface area contributed by atoms with Crippen LogP contribution in [0.5, 0.6) is 0 Å². The van der Waals surface area contributed by atoms with E-state index < -0.39 is 54.8 Å². The van der Waals surface area contributed by atoms with E-state index in [-0.39, 0.29) is 5.01 Å². The van der Waals surface area contributed by atoms with Crippen molar-refractivity contribution in [2.24, 2.45) is 0 Å². The highest BCUT2D eigenvalue weighted by molar-refractivity contribution is 7.12. The van der Waals surface area contributed by atoms with Gasteiger partial charge < -0.3 is 30.7 Å². The van der Waals surface area contributed by atoms with Crippen molar-refractivity contribution < 1.29 is 39.2 Å². The zero-order valence-corrected chi connectivity index (χ0v) is 19.5. The molecular weight excluding hydrogens is 468 g/mol. The summed E-state index contributed by atoms with van der Waals surface area (Å²) in [5, 5.41) is 35.8. The lowest BCUT2D eigenvalue weighted by Crippen LogP contribution is -2.54. The van der Waals surface area contributed by atoms with Crippen LogP contribution >= 0.6 is 11.3 Å². The maximum Gasteiger partial charge on any atom is 0.412 e. The number of nitrogens with zero attached hydrogens (tertiary/aromatic N) is 1. The molecule has 0 saturated carbocycles. The van der Waals surface area contributed by atoms with Crippen LogP contribution in [-0.4, -0.2) is 75.1 Å². The Balaban J connectivity index is 2.02. The van der Waals surface area contributed by atoms with Crippen molar-refractivity contribution in [3.63, 3.8) is 0 Å². The Labute approximate surface area is 199 Å². The van der Waals surface area contributed by atoms with Gasteiger partial charge in [-0.1, -0.05) is 12.1 Å². The van der Waals surface area contributed by atoms with Crippen LogP contribution < -0.4 is 16.0 Å². The fourth-order valence-corrected chi connectivity index (χ4v) is 3.26. The van der Waals surface area contributed by atoms with Crippen LogP contribution in [0.25, 0.3) is 11.3 Å². The summed E-state index contributed by atoms with van der Waals surface area (Å²) in [5.41, 5.74) is 1.00. The first-order valence-corrected chi connectivity index (χ1v) is 10.9. The van der Waals surface area contributed by atoms with Crippen LogP contribution in [0.4, 0.5) is 10.5 Å². The molecule has 0 radical (unpaired) electrons. The number of nitrogens with one attached hydrogen (secondary N) is 3. The monoisotopic (exact) mass is 494 g/mol. The molecule has 0 saturated heterocycles. The summed E-state index contributed by atoms with van der Waals surface area (Å²) in [6.45, 7) is 3.61. The second kappa shape index (κ2) is 11.5. The number of amides is 3. The van der Waals surface area contributed by atoms with Crippen LogP contribution in [-0.2, 0) is 14.3 Å². The second-order valence-electron chi connectivity index (χ2n) is 8.03. The number of ether oxygens (including phenoxy) is 1. The van der Waals surface area contributed by atoms with E-state index >= 15 is 0 Å². The summed E-state index contributed by atoms with van der Waals surface area (Å²) in [7, 11) is 0. The number of thiazole rings is 1. The number of aliphatic hydroxyl groups is 2. The average Bonchev–Trinajstić information content (AvgIpc) is 3.24. The van der Waals surface area contributed by atoms with Gasteiger partial charge in [-0.15, -0.1) is 11.3 Å². The minimum absolute atomic E-state index is 0.00847. The molecule has 0 aliphatic heterocycles. The highest BCUT2D eigenvalue weighted by atomic mass is 32.1. The first-order valence-electron chi connectivity index (χ1n) is 10.0. The normalized spacial score (nSPS) is 12.9. The highest BCUT2D eigenvalue weighted by Gasteiger charge is 2.27. The van der Waals surface area contributed by atoms with Crippen molar-refractivity contribution in [3.8, 4) is 11.3 Å². The van der Waals surface area contributed by atoms with Crippen molar-refractivity contribution in [1.29, 1.82) is 0 Å². The highest BCUT2D eigenvalue weighted by Crippen LogP contribution is 2.24. The van der Waals surface area contributed by atoms with Gasteiger partial charge in [0.25, 0.3) is 5.91 Å². The molecule has 3 amide bonds. The molecule has 13 heteroatoms. The zero-order valence-electron chi connectivity index (χ0n) is 18.7. The summed E-state index contributed by atoms with van der Waals surface area (Å²) in [6.07, 6.45) is -0.594. The first-order chi connectivity index (χ1) is 15.9. The molecule has 2 aromatic rings. The molecule has 0 spiro atoms. The molecule has 1 aromatic carbocycles. The van der Waals surface area contributed by atoms with E-state index in [9.17, 15) is 24.3 Å². The molecule has 0 unspecified atom stereocenters. The summed E-state index contributed by atoms with van der Waals surface area (Å²) in [4.78, 5) is 51.6. The predicted octanol–water partition coefficient (Wildman–Crippen LogP) is 0.809. The minimum Gasteiger partial charge on any atom is -0.480 e. The van der Waals surface area contributed by atoms with Crippen molar-refractivity contribution in [2.45, 2.75) is 38.5 Å². The third kappa shape index (κ3) is 7.79. The number of rotatable bonds is 9. The number of aromatic nitrogens is 1. The molecule has 1 heterocycles. The lowest BCUT2D eigenvalue weighted by Gasteiger charge is -2.19.